The molecule has 0 bridgehead atoms. The van der Waals surface area contributed by atoms with E-state index in [0.717, 1.165) is 54.3 Å². The second-order valence-electron chi connectivity index (χ2n) is 13.4. The van der Waals surface area contributed by atoms with Crippen LogP contribution < -0.4 is 0 Å². The third kappa shape index (κ3) is 3.82. The standard InChI is InChI=1S/C29H52O/c1-7-21-18-29(6)22(17-27(21)30)11-12-23-25-14-13-24(20(4)10-8-9-19(2)3)28(25,5)16-15-26(23)29/h19-27,30H,7-18H2,1-6H3/t20?,21-,22?,23?,24?,25+,26+,27?,28?,29?/m1/s1. The molecular formula is C29H52O. The monoisotopic (exact) mass is 416 g/mol. The average Bonchev–Trinajstić information content (AvgIpc) is 3.05. The topological polar surface area (TPSA) is 20.2 Å². The quantitative estimate of drug-likeness (QED) is 0.463. The predicted octanol–water partition coefficient (Wildman–Crippen LogP) is 8.10. The Morgan fingerprint density at radius 1 is 0.900 bits per heavy atom. The molecule has 1 nitrogen and oxygen atoms in total. The summed E-state index contributed by atoms with van der Waals surface area (Å²) < 4.78 is 0. The number of aliphatic hydroxyl groups excluding tert-OH is 1. The molecule has 30 heavy (non-hydrogen) atoms. The van der Waals surface area contributed by atoms with E-state index in [9.17, 15) is 5.11 Å². The molecule has 1 heteroatoms. The van der Waals surface area contributed by atoms with Gasteiger partial charge in [-0.25, -0.2) is 0 Å². The number of rotatable bonds is 6. The van der Waals surface area contributed by atoms with Crippen LogP contribution in [0.5, 0.6) is 0 Å². The Bertz CT molecular complexity index is 583. The molecule has 4 aliphatic rings. The van der Waals surface area contributed by atoms with Gasteiger partial charge in [0, 0.05) is 0 Å². The molecule has 10 atom stereocenters. The van der Waals surface area contributed by atoms with E-state index in [1.165, 1.54) is 64.2 Å². The lowest BCUT2D eigenvalue weighted by molar-refractivity contribution is -0.145. The van der Waals surface area contributed by atoms with Crippen molar-refractivity contribution in [1.29, 1.82) is 0 Å². The van der Waals surface area contributed by atoms with Gasteiger partial charge in [-0.1, -0.05) is 67.2 Å². The minimum Gasteiger partial charge on any atom is -0.393 e. The van der Waals surface area contributed by atoms with Crippen molar-refractivity contribution in [3.63, 3.8) is 0 Å². The van der Waals surface area contributed by atoms with E-state index >= 15 is 0 Å². The van der Waals surface area contributed by atoms with Crippen molar-refractivity contribution in [1.82, 2.24) is 0 Å². The largest absolute Gasteiger partial charge is 0.393 e. The smallest absolute Gasteiger partial charge is 0.0571 e. The third-order valence-electron chi connectivity index (χ3n) is 11.6. The summed E-state index contributed by atoms with van der Waals surface area (Å²) in [6, 6.07) is 0. The molecule has 0 aromatic rings. The highest BCUT2D eigenvalue weighted by Gasteiger charge is 2.61. The Morgan fingerprint density at radius 2 is 1.63 bits per heavy atom. The Hall–Kier alpha value is -0.0400. The zero-order valence-corrected chi connectivity index (χ0v) is 21.1. The SMILES string of the molecule is CC[C@@H]1CC2(C)C(CCC3[C@@H]2CCC2(C)C(C(C)CCCC(C)C)CC[C@@H]32)CC1O. The number of fused-ring (bicyclic) bond motifs is 5. The highest BCUT2D eigenvalue weighted by Crippen LogP contribution is 2.68. The maximum atomic E-state index is 10.7. The molecule has 0 aliphatic heterocycles. The third-order valence-corrected chi connectivity index (χ3v) is 11.6. The van der Waals surface area contributed by atoms with Crippen molar-refractivity contribution in [3.05, 3.63) is 0 Å². The van der Waals surface area contributed by atoms with Crippen LogP contribution >= 0.6 is 0 Å². The Kier molecular flexibility index (Phi) is 6.72. The molecular weight excluding hydrogens is 364 g/mol. The van der Waals surface area contributed by atoms with Gasteiger partial charge in [0.05, 0.1) is 6.10 Å². The van der Waals surface area contributed by atoms with Crippen LogP contribution in [0.3, 0.4) is 0 Å². The van der Waals surface area contributed by atoms with Crippen LogP contribution in [0.2, 0.25) is 0 Å². The van der Waals surface area contributed by atoms with E-state index in [2.05, 4.69) is 41.5 Å². The molecule has 0 aromatic heterocycles. The van der Waals surface area contributed by atoms with E-state index in [1.807, 2.05) is 0 Å². The van der Waals surface area contributed by atoms with E-state index in [1.54, 1.807) is 0 Å². The molecule has 4 aliphatic carbocycles. The summed E-state index contributed by atoms with van der Waals surface area (Å²) in [5.74, 6) is 6.98. The molecule has 1 N–H and O–H groups in total. The van der Waals surface area contributed by atoms with Gasteiger partial charge >= 0.3 is 0 Å². The lowest BCUT2D eigenvalue weighted by Crippen LogP contribution is -2.55. The Morgan fingerprint density at radius 3 is 2.33 bits per heavy atom. The number of hydrogen-bond donors (Lipinski definition) is 1. The summed E-state index contributed by atoms with van der Waals surface area (Å²) in [5.41, 5.74) is 1.12. The fraction of sp³-hybridized carbons (Fsp3) is 1.00. The first-order valence-corrected chi connectivity index (χ1v) is 13.9. The summed E-state index contributed by atoms with van der Waals surface area (Å²) in [6.07, 6.45) is 16.7. The van der Waals surface area contributed by atoms with Gasteiger partial charge in [-0.15, -0.1) is 0 Å². The van der Waals surface area contributed by atoms with Gasteiger partial charge in [-0.3, -0.25) is 0 Å². The number of hydrogen-bond acceptors (Lipinski definition) is 1. The Balaban J connectivity index is 1.48. The van der Waals surface area contributed by atoms with Crippen LogP contribution in [0, 0.1) is 58.2 Å². The zero-order chi connectivity index (χ0) is 21.7. The van der Waals surface area contributed by atoms with E-state index in [0.29, 0.717) is 16.7 Å². The van der Waals surface area contributed by atoms with Crippen molar-refractivity contribution in [2.45, 2.75) is 125 Å². The lowest BCUT2D eigenvalue weighted by Gasteiger charge is -2.62. The molecule has 174 valence electrons. The van der Waals surface area contributed by atoms with Gasteiger partial charge in [-0.2, -0.15) is 0 Å². The number of aliphatic hydroxyl groups is 1. The maximum absolute atomic E-state index is 10.7. The summed E-state index contributed by atoms with van der Waals surface area (Å²) in [6.45, 7) is 15.0. The molecule has 4 saturated carbocycles. The van der Waals surface area contributed by atoms with Crippen molar-refractivity contribution >= 4 is 0 Å². The first kappa shape index (κ1) is 23.1. The summed E-state index contributed by atoms with van der Waals surface area (Å²) in [7, 11) is 0. The minimum atomic E-state index is -0.0268. The fourth-order valence-electron chi connectivity index (χ4n) is 9.87. The van der Waals surface area contributed by atoms with E-state index in [4.69, 9.17) is 0 Å². The van der Waals surface area contributed by atoms with Crippen molar-refractivity contribution in [3.8, 4) is 0 Å². The first-order chi connectivity index (χ1) is 14.2. The fourth-order valence-corrected chi connectivity index (χ4v) is 9.87. The first-order valence-electron chi connectivity index (χ1n) is 13.9. The molecule has 0 amide bonds. The average molecular weight is 417 g/mol. The van der Waals surface area contributed by atoms with Crippen molar-refractivity contribution < 1.29 is 5.11 Å². The summed E-state index contributed by atoms with van der Waals surface area (Å²) >= 11 is 0. The van der Waals surface area contributed by atoms with Gasteiger partial charge in [0.15, 0.2) is 0 Å². The maximum Gasteiger partial charge on any atom is 0.0571 e. The van der Waals surface area contributed by atoms with Crippen LogP contribution in [0.1, 0.15) is 119 Å². The van der Waals surface area contributed by atoms with Crippen LogP contribution in [-0.2, 0) is 0 Å². The van der Waals surface area contributed by atoms with Gasteiger partial charge in [-0.05, 0) is 110 Å². The van der Waals surface area contributed by atoms with E-state index < -0.39 is 0 Å². The van der Waals surface area contributed by atoms with Gasteiger partial charge in [0.1, 0.15) is 0 Å². The second kappa shape index (κ2) is 8.72. The minimum absolute atomic E-state index is 0.0268. The highest BCUT2D eigenvalue weighted by atomic mass is 16.3. The molecule has 4 fully saturated rings. The van der Waals surface area contributed by atoms with Gasteiger partial charge < -0.3 is 5.11 Å². The molecule has 0 aromatic carbocycles. The Labute approximate surface area is 188 Å². The van der Waals surface area contributed by atoms with Gasteiger partial charge in [0.25, 0.3) is 0 Å². The zero-order valence-electron chi connectivity index (χ0n) is 21.1. The van der Waals surface area contributed by atoms with Crippen LogP contribution in [-0.4, -0.2) is 11.2 Å². The molecule has 0 saturated heterocycles. The molecule has 7 unspecified atom stereocenters. The molecule has 0 spiro atoms. The molecule has 0 heterocycles. The molecule has 4 rings (SSSR count). The predicted molar refractivity (Wildman–Crippen MR) is 128 cm³/mol. The van der Waals surface area contributed by atoms with Gasteiger partial charge in [0.2, 0.25) is 0 Å². The summed E-state index contributed by atoms with van der Waals surface area (Å²) in [5, 5.41) is 10.7. The highest BCUT2D eigenvalue weighted by molar-refractivity contribution is 5.10. The lowest BCUT2D eigenvalue weighted by atomic mass is 9.43. The van der Waals surface area contributed by atoms with Crippen LogP contribution in [0.25, 0.3) is 0 Å². The van der Waals surface area contributed by atoms with Crippen molar-refractivity contribution in [2.24, 2.45) is 58.2 Å². The summed E-state index contributed by atoms with van der Waals surface area (Å²) in [4.78, 5) is 0. The van der Waals surface area contributed by atoms with Crippen molar-refractivity contribution in [2.75, 3.05) is 0 Å². The normalized spacial score (nSPS) is 49.4. The van der Waals surface area contributed by atoms with Crippen LogP contribution in [0.4, 0.5) is 0 Å². The van der Waals surface area contributed by atoms with E-state index in [-0.39, 0.29) is 6.10 Å². The van der Waals surface area contributed by atoms with Crippen LogP contribution in [0.15, 0.2) is 0 Å². The second-order valence-corrected chi connectivity index (χ2v) is 13.4. The molecule has 0 radical (unpaired) electrons.